The van der Waals surface area contributed by atoms with Gasteiger partial charge in [-0.25, -0.2) is 9.37 Å². The molecule has 1 fully saturated rings. The number of nitrogens with zero attached hydrogens (tertiary/aromatic N) is 5. The van der Waals surface area contributed by atoms with Crippen molar-refractivity contribution in [2.45, 2.75) is 18.2 Å². The van der Waals surface area contributed by atoms with Crippen molar-refractivity contribution in [3.63, 3.8) is 0 Å². The summed E-state index contributed by atoms with van der Waals surface area (Å²) >= 11 is 2.99. The van der Waals surface area contributed by atoms with Gasteiger partial charge in [-0.05, 0) is 12.1 Å². The Hall–Kier alpha value is -1.87. The van der Waals surface area contributed by atoms with Crippen LogP contribution in [0.2, 0.25) is 0 Å². The van der Waals surface area contributed by atoms with E-state index in [4.69, 9.17) is 0 Å². The van der Waals surface area contributed by atoms with Crippen molar-refractivity contribution in [2.24, 2.45) is 4.99 Å². The Bertz CT molecular complexity index is 758. The summed E-state index contributed by atoms with van der Waals surface area (Å²) in [5.41, 5.74) is 0. The second kappa shape index (κ2) is 9.89. The standard InChI is InChI=1S/C18H25FN6S2/c1-3-16-22-18(27-23-16)25-11-9-24(10-12-25)17(20-2)21-8-13-26-15-7-5-4-6-14(15)19/h4-7H,3,8-13H2,1-2H3,(H,20,21). The zero-order chi connectivity index (χ0) is 19.1. The van der Waals surface area contributed by atoms with Crippen LogP contribution in [0.4, 0.5) is 9.52 Å². The first kappa shape index (κ1) is 19.9. The SMILES string of the molecule is CCc1nsc(N2CCN(C(=NC)NCCSc3ccccc3F)CC2)n1. The molecule has 0 radical (unpaired) electrons. The molecule has 1 N–H and O–H groups in total. The Kier molecular flexibility index (Phi) is 7.28. The molecular formula is C18H25FN6S2. The minimum atomic E-state index is -0.161. The maximum Gasteiger partial charge on any atom is 0.205 e. The van der Waals surface area contributed by atoms with Gasteiger partial charge in [0.15, 0.2) is 5.96 Å². The number of aryl methyl sites for hydroxylation is 1. The topological polar surface area (TPSA) is 56.7 Å². The summed E-state index contributed by atoms with van der Waals surface area (Å²) < 4.78 is 18.0. The number of nitrogens with one attached hydrogen (secondary N) is 1. The van der Waals surface area contributed by atoms with Gasteiger partial charge in [0.1, 0.15) is 11.6 Å². The van der Waals surface area contributed by atoms with Crippen molar-refractivity contribution in [2.75, 3.05) is 50.4 Å². The van der Waals surface area contributed by atoms with Gasteiger partial charge < -0.3 is 15.1 Å². The molecule has 1 aromatic heterocycles. The average molecular weight is 409 g/mol. The molecule has 2 aromatic rings. The predicted molar refractivity (Wildman–Crippen MR) is 112 cm³/mol. The highest BCUT2D eigenvalue weighted by molar-refractivity contribution is 7.99. The maximum absolute atomic E-state index is 13.6. The number of piperazine rings is 1. The van der Waals surface area contributed by atoms with Gasteiger partial charge in [-0.15, -0.1) is 11.8 Å². The molecule has 1 aliphatic rings. The van der Waals surface area contributed by atoms with Gasteiger partial charge in [-0.3, -0.25) is 4.99 Å². The predicted octanol–water partition coefficient (Wildman–Crippen LogP) is 2.73. The van der Waals surface area contributed by atoms with Gasteiger partial charge >= 0.3 is 0 Å². The molecule has 1 aromatic carbocycles. The van der Waals surface area contributed by atoms with E-state index in [1.165, 1.54) is 29.4 Å². The molecule has 3 rings (SSSR count). The molecule has 0 saturated carbocycles. The summed E-state index contributed by atoms with van der Waals surface area (Å²) in [6.07, 6.45) is 0.873. The minimum absolute atomic E-state index is 0.161. The minimum Gasteiger partial charge on any atom is -0.355 e. The third kappa shape index (κ3) is 5.32. The zero-order valence-corrected chi connectivity index (χ0v) is 17.3. The summed E-state index contributed by atoms with van der Waals surface area (Å²) in [5, 5.41) is 4.40. The number of hydrogen-bond acceptors (Lipinski definition) is 6. The Morgan fingerprint density at radius 1 is 1.30 bits per heavy atom. The number of aliphatic imine (C=N–C) groups is 1. The molecule has 146 valence electrons. The van der Waals surface area contributed by atoms with Crippen LogP contribution in [0.5, 0.6) is 0 Å². The van der Waals surface area contributed by atoms with E-state index in [1.807, 2.05) is 12.1 Å². The highest BCUT2D eigenvalue weighted by atomic mass is 32.2. The molecule has 1 aliphatic heterocycles. The first-order chi connectivity index (χ1) is 13.2. The fourth-order valence-electron chi connectivity index (χ4n) is 2.84. The number of aromatic nitrogens is 2. The zero-order valence-electron chi connectivity index (χ0n) is 15.7. The molecule has 0 unspecified atom stereocenters. The molecule has 27 heavy (non-hydrogen) atoms. The lowest BCUT2D eigenvalue weighted by molar-refractivity contribution is 0.373. The van der Waals surface area contributed by atoms with E-state index >= 15 is 0 Å². The Morgan fingerprint density at radius 2 is 2.07 bits per heavy atom. The molecule has 6 nitrogen and oxygen atoms in total. The van der Waals surface area contributed by atoms with Crippen LogP contribution in [0.3, 0.4) is 0 Å². The molecule has 0 amide bonds. The van der Waals surface area contributed by atoms with E-state index in [0.717, 1.165) is 61.8 Å². The average Bonchev–Trinajstić information content (AvgIpc) is 3.19. The van der Waals surface area contributed by atoms with Crippen LogP contribution < -0.4 is 10.2 Å². The monoisotopic (exact) mass is 408 g/mol. The van der Waals surface area contributed by atoms with Gasteiger partial charge in [-0.2, -0.15) is 4.37 Å². The van der Waals surface area contributed by atoms with E-state index in [-0.39, 0.29) is 5.82 Å². The van der Waals surface area contributed by atoms with Gasteiger partial charge in [0.05, 0.1) is 0 Å². The first-order valence-electron chi connectivity index (χ1n) is 9.11. The van der Waals surface area contributed by atoms with Crippen molar-refractivity contribution in [3.8, 4) is 0 Å². The molecule has 0 bridgehead atoms. The second-order valence-electron chi connectivity index (χ2n) is 6.07. The smallest absolute Gasteiger partial charge is 0.205 e. The number of thioether (sulfide) groups is 1. The number of hydrogen-bond donors (Lipinski definition) is 1. The van der Waals surface area contributed by atoms with Crippen molar-refractivity contribution >= 4 is 34.4 Å². The molecule has 1 saturated heterocycles. The van der Waals surface area contributed by atoms with Crippen molar-refractivity contribution < 1.29 is 4.39 Å². The van der Waals surface area contributed by atoms with E-state index < -0.39 is 0 Å². The summed E-state index contributed by atoms with van der Waals surface area (Å²) in [7, 11) is 1.80. The normalized spacial score (nSPS) is 15.3. The number of rotatable bonds is 6. The van der Waals surface area contributed by atoms with Crippen LogP contribution in [0.15, 0.2) is 34.2 Å². The molecular weight excluding hydrogens is 383 g/mol. The first-order valence-corrected chi connectivity index (χ1v) is 10.9. The lowest BCUT2D eigenvalue weighted by Gasteiger charge is -2.36. The van der Waals surface area contributed by atoms with Gasteiger partial charge in [0.25, 0.3) is 0 Å². The van der Waals surface area contributed by atoms with Gasteiger partial charge in [-0.1, -0.05) is 19.1 Å². The lowest BCUT2D eigenvalue weighted by Crippen LogP contribution is -2.52. The van der Waals surface area contributed by atoms with Crippen LogP contribution in [0.25, 0.3) is 0 Å². The summed E-state index contributed by atoms with van der Waals surface area (Å²) in [4.78, 5) is 14.2. The fraction of sp³-hybridized carbons (Fsp3) is 0.500. The van der Waals surface area contributed by atoms with Crippen LogP contribution in [0.1, 0.15) is 12.7 Å². The largest absolute Gasteiger partial charge is 0.355 e. The molecule has 9 heteroatoms. The molecule has 0 aliphatic carbocycles. The lowest BCUT2D eigenvalue weighted by atomic mass is 10.3. The fourth-order valence-corrected chi connectivity index (χ4v) is 4.45. The maximum atomic E-state index is 13.6. The van der Waals surface area contributed by atoms with E-state index in [0.29, 0.717) is 4.90 Å². The Balaban J connectivity index is 1.43. The Labute approximate surface area is 168 Å². The number of benzene rings is 1. The highest BCUT2D eigenvalue weighted by Gasteiger charge is 2.21. The molecule has 2 heterocycles. The Morgan fingerprint density at radius 3 is 2.74 bits per heavy atom. The van der Waals surface area contributed by atoms with Gasteiger partial charge in [0, 0.05) is 68.4 Å². The molecule has 0 spiro atoms. The van der Waals surface area contributed by atoms with Crippen molar-refractivity contribution in [3.05, 3.63) is 35.9 Å². The van der Waals surface area contributed by atoms with Crippen LogP contribution in [0, 0.1) is 5.82 Å². The van der Waals surface area contributed by atoms with Crippen LogP contribution in [-0.2, 0) is 6.42 Å². The van der Waals surface area contributed by atoms with Gasteiger partial charge in [0.2, 0.25) is 5.13 Å². The van der Waals surface area contributed by atoms with Crippen molar-refractivity contribution in [1.82, 2.24) is 19.6 Å². The summed E-state index contributed by atoms with van der Waals surface area (Å²) in [6.45, 7) is 6.40. The van der Waals surface area contributed by atoms with Crippen molar-refractivity contribution in [1.29, 1.82) is 0 Å². The third-order valence-electron chi connectivity index (χ3n) is 4.31. The highest BCUT2D eigenvalue weighted by Crippen LogP contribution is 2.21. The van der Waals surface area contributed by atoms with Crippen LogP contribution >= 0.6 is 23.3 Å². The number of halogens is 1. The number of anilines is 1. The quantitative estimate of drug-likeness (QED) is 0.343. The van der Waals surface area contributed by atoms with E-state index in [9.17, 15) is 4.39 Å². The van der Waals surface area contributed by atoms with E-state index in [1.54, 1.807) is 13.1 Å². The van der Waals surface area contributed by atoms with Crippen LogP contribution in [-0.4, -0.2) is 65.7 Å². The second-order valence-corrected chi connectivity index (χ2v) is 7.94. The summed E-state index contributed by atoms with van der Waals surface area (Å²) in [6, 6.07) is 6.88. The summed E-state index contributed by atoms with van der Waals surface area (Å²) in [5.74, 6) is 2.44. The third-order valence-corrected chi connectivity index (χ3v) is 6.18. The molecule has 0 atom stereocenters. The van der Waals surface area contributed by atoms with E-state index in [2.05, 4.69) is 36.4 Å². The number of guanidine groups is 1.